The van der Waals surface area contributed by atoms with Crippen molar-refractivity contribution in [3.63, 3.8) is 0 Å². The highest BCUT2D eigenvalue weighted by molar-refractivity contribution is 5.20. The Labute approximate surface area is 121 Å². The molecular formula is C16H24N4. The molecule has 108 valence electrons. The monoisotopic (exact) mass is 272 g/mol. The van der Waals surface area contributed by atoms with Crippen LogP contribution in [0, 0.1) is 5.92 Å². The van der Waals surface area contributed by atoms with Crippen molar-refractivity contribution < 1.29 is 0 Å². The molecule has 4 heteroatoms. The molecule has 0 aliphatic carbocycles. The van der Waals surface area contributed by atoms with Gasteiger partial charge in [0, 0.05) is 19.0 Å². The lowest BCUT2D eigenvalue weighted by Gasteiger charge is -2.20. The average Bonchev–Trinajstić information content (AvgIpc) is 2.85. The first-order valence-corrected chi connectivity index (χ1v) is 7.25. The summed E-state index contributed by atoms with van der Waals surface area (Å²) in [5.74, 6) is 1.84. The largest absolute Gasteiger partial charge is 0.327 e. The number of benzene rings is 1. The Hall–Kier alpha value is -1.68. The molecule has 4 nitrogen and oxygen atoms in total. The van der Waals surface area contributed by atoms with Gasteiger partial charge in [-0.1, -0.05) is 51.1 Å². The topological polar surface area (TPSA) is 56.7 Å². The number of nitrogens with zero attached hydrogens (tertiary/aromatic N) is 3. The van der Waals surface area contributed by atoms with E-state index < -0.39 is 0 Å². The minimum absolute atomic E-state index is 0.0486. The summed E-state index contributed by atoms with van der Waals surface area (Å²) < 4.78 is 1.97. The SMILES string of the molecule is CC(C)Cn1ncnc1CC(N)C(C)c1ccccc1. The zero-order valence-corrected chi connectivity index (χ0v) is 12.5. The zero-order valence-electron chi connectivity index (χ0n) is 12.5. The van der Waals surface area contributed by atoms with Crippen LogP contribution in [0.25, 0.3) is 0 Å². The first-order valence-electron chi connectivity index (χ1n) is 7.25. The van der Waals surface area contributed by atoms with E-state index in [1.54, 1.807) is 6.33 Å². The van der Waals surface area contributed by atoms with Crippen LogP contribution < -0.4 is 5.73 Å². The lowest BCUT2D eigenvalue weighted by atomic mass is 9.92. The van der Waals surface area contributed by atoms with Gasteiger partial charge in [0.25, 0.3) is 0 Å². The van der Waals surface area contributed by atoms with Gasteiger partial charge in [-0.05, 0) is 17.4 Å². The summed E-state index contributed by atoms with van der Waals surface area (Å²) in [6, 6.07) is 10.4. The molecule has 1 aromatic heterocycles. The number of aromatic nitrogens is 3. The Kier molecular flexibility index (Phi) is 4.90. The second-order valence-electron chi connectivity index (χ2n) is 5.82. The molecule has 2 aromatic rings. The zero-order chi connectivity index (χ0) is 14.5. The lowest BCUT2D eigenvalue weighted by molar-refractivity contribution is 0.449. The van der Waals surface area contributed by atoms with Crippen molar-refractivity contribution in [1.29, 1.82) is 0 Å². The van der Waals surface area contributed by atoms with Crippen LogP contribution in [0.15, 0.2) is 36.7 Å². The van der Waals surface area contributed by atoms with Gasteiger partial charge in [-0.3, -0.25) is 0 Å². The van der Waals surface area contributed by atoms with Crippen molar-refractivity contribution >= 4 is 0 Å². The molecule has 0 bridgehead atoms. The van der Waals surface area contributed by atoms with Crippen LogP contribution in [-0.4, -0.2) is 20.8 Å². The predicted octanol–water partition coefficient (Wildman–Crippen LogP) is 2.61. The molecule has 2 unspecified atom stereocenters. The second-order valence-corrected chi connectivity index (χ2v) is 5.82. The maximum atomic E-state index is 6.36. The molecular weight excluding hydrogens is 248 g/mol. The van der Waals surface area contributed by atoms with Gasteiger partial charge in [-0.2, -0.15) is 5.10 Å². The summed E-state index contributed by atoms with van der Waals surface area (Å²) in [4.78, 5) is 4.36. The van der Waals surface area contributed by atoms with Gasteiger partial charge in [0.05, 0.1) is 0 Å². The quantitative estimate of drug-likeness (QED) is 0.879. The molecule has 2 N–H and O–H groups in total. The Bertz CT molecular complexity index is 518. The standard InChI is InChI=1S/C16H24N4/c1-12(2)10-20-16(18-11-19-20)9-15(17)13(3)14-7-5-4-6-8-14/h4-8,11-13,15H,9-10,17H2,1-3H3. The van der Waals surface area contributed by atoms with Crippen LogP contribution >= 0.6 is 0 Å². The fourth-order valence-corrected chi connectivity index (χ4v) is 2.34. The third-order valence-electron chi connectivity index (χ3n) is 3.62. The van der Waals surface area contributed by atoms with E-state index in [0.29, 0.717) is 11.8 Å². The Morgan fingerprint density at radius 1 is 1.15 bits per heavy atom. The summed E-state index contributed by atoms with van der Waals surface area (Å²) in [5.41, 5.74) is 7.63. The highest BCUT2D eigenvalue weighted by atomic mass is 15.3. The van der Waals surface area contributed by atoms with Gasteiger partial charge in [0.15, 0.2) is 0 Å². The van der Waals surface area contributed by atoms with Gasteiger partial charge in [-0.15, -0.1) is 0 Å². The van der Waals surface area contributed by atoms with Crippen molar-refractivity contribution in [2.75, 3.05) is 0 Å². The van der Waals surface area contributed by atoms with E-state index in [-0.39, 0.29) is 6.04 Å². The molecule has 20 heavy (non-hydrogen) atoms. The Morgan fingerprint density at radius 3 is 2.50 bits per heavy atom. The van der Waals surface area contributed by atoms with Crippen molar-refractivity contribution in [3.8, 4) is 0 Å². The maximum Gasteiger partial charge on any atom is 0.138 e. The molecule has 2 atom stereocenters. The smallest absolute Gasteiger partial charge is 0.138 e. The first-order chi connectivity index (χ1) is 9.58. The number of hydrogen-bond acceptors (Lipinski definition) is 3. The van der Waals surface area contributed by atoms with Crippen molar-refractivity contribution in [2.45, 2.75) is 45.7 Å². The summed E-state index contributed by atoms with van der Waals surface area (Å²) in [6.45, 7) is 7.42. The van der Waals surface area contributed by atoms with Gasteiger partial charge in [0.2, 0.25) is 0 Å². The molecule has 0 aliphatic heterocycles. The number of nitrogens with two attached hydrogens (primary N) is 1. The lowest BCUT2D eigenvalue weighted by Crippen LogP contribution is -2.30. The first kappa shape index (κ1) is 14.7. The van der Waals surface area contributed by atoms with E-state index in [1.807, 2.05) is 10.7 Å². The third kappa shape index (κ3) is 3.67. The number of hydrogen-bond donors (Lipinski definition) is 1. The Balaban J connectivity index is 2.04. The summed E-state index contributed by atoms with van der Waals surface area (Å²) >= 11 is 0. The summed E-state index contributed by atoms with van der Waals surface area (Å²) in [6.07, 6.45) is 2.38. The molecule has 1 heterocycles. The van der Waals surface area contributed by atoms with Gasteiger partial charge in [0.1, 0.15) is 12.2 Å². The highest BCUT2D eigenvalue weighted by Gasteiger charge is 2.18. The fraction of sp³-hybridized carbons (Fsp3) is 0.500. The molecule has 0 fully saturated rings. The Morgan fingerprint density at radius 2 is 1.85 bits per heavy atom. The molecule has 2 rings (SSSR count). The van der Waals surface area contributed by atoms with E-state index in [2.05, 4.69) is 55.1 Å². The van der Waals surface area contributed by atoms with Crippen LogP contribution in [0.5, 0.6) is 0 Å². The normalized spacial score (nSPS) is 14.4. The predicted molar refractivity (Wildman–Crippen MR) is 81.4 cm³/mol. The van der Waals surface area contributed by atoms with E-state index in [0.717, 1.165) is 18.8 Å². The molecule has 0 aliphatic rings. The second kappa shape index (κ2) is 6.66. The number of rotatable bonds is 6. The van der Waals surface area contributed by atoms with Gasteiger partial charge in [-0.25, -0.2) is 9.67 Å². The molecule has 0 amide bonds. The summed E-state index contributed by atoms with van der Waals surface area (Å²) in [7, 11) is 0. The molecule has 0 radical (unpaired) electrons. The van der Waals surface area contributed by atoms with Gasteiger partial charge >= 0.3 is 0 Å². The van der Waals surface area contributed by atoms with E-state index in [1.165, 1.54) is 5.56 Å². The van der Waals surface area contributed by atoms with Crippen LogP contribution in [0.3, 0.4) is 0 Å². The highest BCUT2D eigenvalue weighted by Crippen LogP contribution is 2.19. The summed E-state index contributed by atoms with van der Waals surface area (Å²) in [5, 5.41) is 4.29. The molecule has 0 saturated carbocycles. The molecule has 0 spiro atoms. The van der Waals surface area contributed by atoms with Crippen LogP contribution in [0.1, 0.15) is 38.1 Å². The van der Waals surface area contributed by atoms with E-state index in [9.17, 15) is 0 Å². The minimum Gasteiger partial charge on any atom is -0.327 e. The molecule has 0 saturated heterocycles. The minimum atomic E-state index is 0.0486. The van der Waals surface area contributed by atoms with Crippen molar-refractivity contribution in [3.05, 3.63) is 48.0 Å². The van der Waals surface area contributed by atoms with E-state index in [4.69, 9.17) is 5.73 Å². The molecule has 1 aromatic carbocycles. The van der Waals surface area contributed by atoms with E-state index >= 15 is 0 Å². The third-order valence-corrected chi connectivity index (χ3v) is 3.62. The van der Waals surface area contributed by atoms with Crippen LogP contribution in [0.4, 0.5) is 0 Å². The van der Waals surface area contributed by atoms with Crippen LogP contribution in [0.2, 0.25) is 0 Å². The maximum absolute atomic E-state index is 6.36. The average molecular weight is 272 g/mol. The van der Waals surface area contributed by atoms with Crippen molar-refractivity contribution in [2.24, 2.45) is 11.7 Å². The van der Waals surface area contributed by atoms with Crippen LogP contribution in [-0.2, 0) is 13.0 Å². The fourth-order valence-electron chi connectivity index (χ4n) is 2.34. The van der Waals surface area contributed by atoms with Crippen molar-refractivity contribution in [1.82, 2.24) is 14.8 Å². The van der Waals surface area contributed by atoms with Gasteiger partial charge < -0.3 is 5.73 Å².